The van der Waals surface area contributed by atoms with E-state index in [1.165, 1.54) is 12.1 Å². The van der Waals surface area contributed by atoms with Gasteiger partial charge in [-0.3, -0.25) is 0 Å². The first kappa shape index (κ1) is 15.7. The van der Waals surface area contributed by atoms with Crippen molar-refractivity contribution < 1.29 is 9.13 Å². The molecule has 1 N–H and O–H groups in total. The van der Waals surface area contributed by atoms with Gasteiger partial charge in [0.2, 0.25) is 0 Å². The van der Waals surface area contributed by atoms with Gasteiger partial charge in [-0.25, -0.2) is 4.39 Å². The third-order valence-electron chi connectivity index (χ3n) is 3.24. The molecule has 1 unspecified atom stereocenters. The second-order valence-electron chi connectivity index (χ2n) is 5.27. The predicted octanol–water partition coefficient (Wildman–Crippen LogP) is 3.93. The Morgan fingerprint density at radius 1 is 0.952 bits per heavy atom. The third kappa shape index (κ3) is 4.96. The van der Waals surface area contributed by atoms with Crippen molar-refractivity contribution in [3.63, 3.8) is 0 Å². The zero-order valence-corrected chi connectivity index (χ0v) is 12.6. The highest BCUT2D eigenvalue weighted by molar-refractivity contribution is 5.31. The molecule has 0 aliphatic rings. The second kappa shape index (κ2) is 7.91. The molecule has 0 fully saturated rings. The SMILES string of the molecule is CC(C)OCCNC(c1ccccc1)c1ccc(F)cc1. The maximum absolute atomic E-state index is 13.1. The molecule has 1 atom stereocenters. The van der Waals surface area contributed by atoms with Gasteiger partial charge >= 0.3 is 0 Å². The second-order valence-corrected chi connectivity index (χ2v) is 5.27. The molecule has 0 aromatic heterocycles. The van der Waals surface area contributed by atoms with E-state index in [9.17, 15) is 4.39 Å². The summed E-state index contributed by atoms with van der Waals surface area (Å²) < 4.78 is 18.7. The summed E-state index contributed by atoms with van der Waals surface area (Å²) >= 11 is 0. The highest BCUT2D eigenvalue weighted by Crippen LogP contribution is 2.22. The van der Waals surface area contributed by atoms with Crippen molar-refractivity contribution in [3.8, 4) is 0 Å². The molecule has 21 heavy (non-hydrogen) atoms. The lowest BCUT2D eigenvalue weighted by Gasteiger charge is -2.20. The molecule has 0 aliphatic heterocycles. The van der Waals surface area contributed by atoms with Crippen LogP contribution in [0.3, 0.4) is 0 Å². The van der Waals surface area contributed by atoms with Crippen LogP contribution < -0.4 is 5.32 Å². The van der Waals surface area contributed by atoms with Gasteiger partial charge in [0.25, 0.3) is 0 Å². The largest absolute Gasteiger partial charge is 0.377 e. The molecule has 0 bridgehead atoms. The van der Waals surface area contributed by atoms with Crippen LogP contribution in [0.2, 0.25) is 0 Å². The van der Waals surface area contributed by atoms with E-state index in [0.29, 0.717) is 6.61 Å². The molecule has 0 radical (unpaired) electrons. The highest BCUT2D eigenvalue weighted by Gasteiger charge is 2.13. The Labute approximate surface area is 126 Å². The molecule has 2 rings (SSSR count). The van der Waals surface area contributed by atoms with Gasteiger partial charge in [0.15, 0.2) is 0 Å². The Kier molecular flexibility index (Phi) is 5.90. The average molecular weight is 287 g/mol. The Bertz CT molecular complexity index is 525. The van der Waals surface area contributed by atoms with Crippen molar-refractivity contribution in [1.82, 2.24) is 5.32 Å². The summed E-state index contributed by atoms with van der Waals surface area (Å²) in [6, 6.07) is 16.8. The first-order valence-corrected chi connectivity index (χ1v) is 7.32. The molecule has 0 amide bonds. The normalized spacial score (nSPS) is 12.6. The average Bonchev–Trinajstić information content (AvgIpc) is 2.49. The fourth-order valence-corrected chi connectivity index (χ4v) is 2.23. The summed E-state index contributed by atoms with van der Waals surface area (Å²) in [4.78, 5) is 0. The molecule has 2 aromatic carbocycles. The minimum Gasteiger partial charge on any atom is -0.377 e. The summed E-state index contributed by atoms with van der Waals surface area (Å²) in [7, 11) is 0. The summed E-state index contributed by atoms with van der Waals surface area (Å²) in [5, 5.41) is 3.48. The van der Waals surface area contributed by atoms with Crippen molar-refractivity contribution in [2.45, 2.75) is 26.0 Å². The monoisotopic (exact) mass is 287 g/mol. The topological polar surface area (TPSA) is 21.3 Å². The molecule has 112 valence electrons. The van der Waals surface area contributed by atoms with Gasteiger partial charge in [0.1, 0.15) is 5.82 Å². The lowest BCUT2D eigenvalue weighted by molar-refractivity contribution is 0.0799. The van der Waals surface area contributed by atoms with Crippen molar-refractivity contribution in [2.24, 2.45) is 0 Å². The van der Waals surface area contributed by atoms with Gasteiger partial charge < -0.3 is 10.1 Å². The number of ether oxygens (including phenoxy) is 1. The highest BCUT2D eigenvalue weighted by atomic mass is 19.1. The lowest BCUT2D eigenvalue weighted by atomic mass is 9.99. The van der Waals surface area contributed by atoms with E-state index in [4.69, 9.17) is 4.74 Å². The van der Waals surface area contributed by atoms with E-state index in [2.05, 4.69) is 17.4 Å². The fourth-order valence-electron chi connectivity index (χ4n) is 2.23. The molecular formula is C18H22FNO. The summed E-state index contributed by atoms with van der Waals surface area (Å²) in [5.74, 6) is -0.214. The fraction of sp³-hybridized carbons (Fsp3) is 0.333. The maximum atomic E-state index is 13.1. The number of halogens is 1. The van der Waals surface area contributed by atoms with Crippen molar-refractivity contribution in [3.05, 3.63) is 71.5 Å². The lowest BCUT2D eigenvalue weighted by Crippen LogP contribution is -2.27. The molecule has 0 spiro atoms. The first-order valence-electron chi connectivity index (χ1n) is 7.32. The minimum atomic E-state index is -0.214. The van der Waals surface area contributed by atoms with Crippen LogP contribution in [0.15, 0.2) is 54.6 Å². The Balaban J connectivity index is 2.09. The first-order chi connectivity index (χ1) is 10.2. The van der Waals surface area contributed by atoms with E-state index < -0.39 is 0 Å². The van der Waals surface area contributed by atoms with Gasteiger partial charge in [0, 0.05) is 6.54 Å². The number of rotatable bonds is 7. The van der Waals surface area contributed by atoms with Crippen LogP contribution in [-0.4, -0.2) is 19.3 Å². The van der Waals surface area contributed by atoms with E-state index in [-0.39, 0.29) is 18.0 Å². The minimum absolute atomic E-state index is 0.0440. The predicted molar refractivity (Wildman–Crippen MR) is 83.8 cm³/mol. The Hall–Kier alpha value is -1.71. The molecule has 3 heteroatoms. The molecule has 0 heterocycles. The zero-order valence-electron chi connectivity index (χ0n) is 12.6. The van der Waals surface area contributed by atoms with Gasteiger partial charge in [0.05, 0.1) is 18.8 Å². The zero-order chi connectivity index (χ0) is 15.1. The maximum Gasteiger partial charge on any atom is 0.123 e. The van der Waals surface area contributed by atoms with E-state index in [1.807, 2.05) is 44.2 Å². The van der Waals surface area contributed by atoms with Crippen LogP contribution in [0.4, 0.5) is 4.39 Å². The van der Waals surface area contributed by atoms with Crippen LogP contribution in [-0.2, 0) is 4.74 Å². The number of benzene rings is 2. The van der Waals surface area contributed by atoms with E-state index in [0.717, 1.165) is 17.7 Å². The van der Waals surface area contributed by atoms with Crippen molar-refractivity contribution in [1.29, 1.82) is 0 Å². The van der Waals surface area contributed by atoms with Gasteiger partial charge in [-0.2, -0.15) is 0 Å². The molecule has 0 saturated heterocycles. The van der Waals surface area contributed by atoms with E-state index in [1.54, 1.807) is 0 Å². The standard InChI is InChI=1S/C18H22FNO/c1-14(2)21-13-12-20-18(15-6-4-3-5-7-15)16-8-10-17(19)11-9-16/h3-11,14,18,20H,12-13H2,1-2H3. The van der Waals surface area contributed by atoms with Crippen molar-refractivity contribution in [2.75, 3.05) is 13.2 Å². The molecular weight excluding hydrogens is 265 g/mol. The van der Waals surface area contributed by atoms with Crippen LogP contribution in [0, 0.1) is 5.82 Å². The third-order valence-corrected chi connectivity index (χ3v) is 3.24. The Morgan fingerprint density at radius 3 is 2.19 bits per heavy atom. The smallest absolute Gasteiger partial charge is 0.123 e. The van der Waals surface area contributed by atoms with Crippen LogP contribution in [0.5, 0.6) is 0 Å². The van der Waals surface area contributed by atoms with Crippen LogP contribution >= 0.6 is 0 Å². The molecule has 0 saturated carbocycles. The van der Waals surface area contributed by atoms with E-state index >= 15 is 0 Å². The number of hydrogen-bond acceptors (Lipinski definition) is 2. The van der Waals surface area contributed by atoms with Gasteiger partial charge in [-0.1, -0.05) is 42.5 Å². The van der Waals surface area contributed by atoms with Gasteiger partial charge in [-0.05, 0) is 37.1 Å². The van der Waals surface area contributed by atoms with Crippen molar-refractivity contribution >= 4 is 0 Å². The molecule has 2 aromatic rings. The number of nitrogens with one attached hydrogen (secondary N) is 1. The summed E-state index contributed by atoms with van der Waals surface area (Å²) in [5.41, 5.74) is 2.21. The van der Waals surface area contributed by atoms with Crippen LogP contribution in [0.25, 0.3) is 0 Å². The quantitative estimate of drug-likeness (QED) is 0.779. The van der Waals surface area contributed by atoms with Crippen LogP contribution in [0.1, 0.15) is 31.0 Å². The van der Waals surface area contributed by atoms with Gasteiger partial charge in [-0.15, -0.1) is 0 Å². The number of hydrogen-bond donors (Lipinski definition) is 1. The molecule has 0 aliphatic carbocycles. The summed E-state index contributed by atoms with van der Waals surface area (Å²) in [6.07, 6.45) is 0.229. The molecule has 2 nitrogen and oxygen atoms in total. The Morgan fingerprint density at radius 2 is 1.57 bits per heavy atom. The summed E-state index contributed by atoms with van der Waals surface area (Å²) in [6.45, 7) is 5.45.